The monoisotopic (exact) mass is 351 g/mol. The molecule has 1 aromatic heterocycles. The summed E-state index contributed by atoms with van der Waals surface area (Å²) in [6.45, 7) is 4.21. The summed E-state index contributed by atoms with van der Waals surface area (Å²) in [5.74, 6) is 1.18. The lowest BCUT2D eigenvalue weighted by atomic mass is 9.95. The van der Waals surface area contributed by atoms with E-state index in [0.29, 0.717) is 12.3 Å². The highest BCUT2D eigenvalue weighted by Crippen LogP contribution is 2.25. The molecule has 0 spiro atoms. The first-order valence-corrected chi connectivity index (χ1v) is 8.86. The Morgan fingerprint density at radius 2 is 1.91 bits per heavy atom. The summed E-state index contributed by atoms with van der Waals surface area (Å²) in [5.41, 5.74) is 1.09. The van der Waals surface area contributed by atoms with E-state index in [-0.39, 0.29) is 11.9 Å². The number of rotatable bonds is 7. The van der Waals surface area contributed by atoms with Crippen molar-refractivity contribution in [2.24, 2.45) is 5.92 Å². The van der Waals surface area contributed by atoms with E-state index in [9.17, 15) is 4.79 Å². The molecule has 0 fully saturated rings. The Balaban J connectivity index is 1.96. The third-order valence-corrected chi connectivity index (χ3v) is 4.98. The van der Waals surface area contributed by atoms with E-state index in [0.717, 1.165) is 26.9 Å². The normalized spacial score (nSPS) is 12.2. The standard InChI is InChI=1S/C18H22ClNO2S/c1-12(2)18(13-4-6-14(22-3)7-5-13)20-17(21)11-9-15-8-10-16(19)23-15/h4-8,10,12,18H,9,11H2,1-3H3,(H,20,21). The molecule has 0 radical (unpaired) electrons. The molecule has 0 saturated heterocycles. The molecule has 0 aliphatic carbocycles. The van der Waals surface area contributed by atoms with Crippen molar-refractivity contribution >= 4 is 28.8 Å². The highest BCUT2D eigenvalue weighted by Gasteiger charge is 2.18. The largest absolute Gasteiger partial charge is 0.497 e. The first-order valence-electron chi connectivity index (χ1n) is 7.67. The van der Waals surface area contributed by atoms with E-state index >= 15 is 0 Å². The number of ether oxygens (including phenoxy) is 1. The van der Waals surface area contributed by atoms with Gasteiger partial charge in [0.05, 0.1) is 17.5 Å². The minimum absolute atomic E-state index is 0.000305. The van der Waals surface area contributed by atoms with Gasteiger partial charge in [-0.05, 0) is 42.2 Å². The molecule has 0 bridgehead atoms. The average Bonchev–Trinajstić information content (AvgIpc) is 2.96. The first-order chi connectivity index (χ1) is 11.0. The fourth-order valence-electron chi connectivity index (χ4n) is 2.41. The number of nitrogens with one attached hydrogen (secondary N) is 1. The predicted molar refractivity (Wildman–Crippen MR) is 96.4 cm³/mol. The molecule has 124 valence electrons. The molecule has 5 heteroatoms. The number of methoxy groups -OCH3 is 1. The van der Waals surface area contributed by atoms with Gasteiger partial charge in [0, 0.05) is 11.3 Å². The lowest BCUT2D eigenvalue weighted by molar-refractivity contribution is -0.122. The Kier molecular flexibility index (Phi) is 6.48. The minimum Gasteiger partial charge on any atom is -0.497 e. The Labute approximate surface area is 146 Å². The number of halogens is 1. The van der Waals surface area contributed by atoms with Crippen LogP contribution < -0.4 is 10.1 Å². The van der Waals surface area contributed by atoms with Gasteiger partial charge in [0.25, 0.3) is 0 Å². The Hall–Kier alpha value is -1.52. The lowest BCUT2D eigenvalue weighted by Crippen LogP contribution is -2.31. The zero-order valence-electron chi connectivity index (χ0n) is 13.6. The zero-order chi connectivity index (χ0) is 16.8. The average molecular weight is 352 g/mol. The SMILES string of the molecule is COc1ccc(C(NC(=O)CCc2ccc(Cl)s2)C(C)C)cc1. The molecule has 1 unspecified atom stereocenters. The molecule has 23 heavy (non-hydrogen) atoms. The van der Waals surface area contributed by atoms with E-state index in [1.807, 2.05) is 36.4 Å². The van der Waals surface area contributed by atoms with Crippen LogP contribution in [0.4, 0.5) is 0 Å². The van der Waals surface area contributed by atoms with Crippen LogP contribution in [0, 0.1) is 5.92 Å². The third-order valence-electron chi connectivity index (χ3n) is 3.69. The van der Waals surface area contributed by atoms with Crippen LogP contribution in [0.1, 0.15) is 36.8 Å². The molecule has 0 aliphatic rings. The Morgan fingerprint density at radius 3 is 2.43 bits per heavy atom. The van der Waals surface area contributed by atoms with E-state index in [1.54, 1.807) is 7.11 Å². The van der Waals surface area contributed by atoms with E-state index in [1.165, 1.54) is 11.3 Å². The van der Waals surface area contributed by atoms with Gasteiger partial charge in [0.2, 0.25) is 5.91 Å². The van der Waals surface area contributed by atoms with Crippen molar-refractivity contribution in [2.45, 2.75) is 32.7 Å². The maximum Gasteiger partial charge on any atom is 0.220 e. The summed E-state index contributed by atoms with van der Waals surface area (Å²) in [6, 6.07) is 11.7. The summed E-state index contributed by atoms with van der Waals surface area (Å²) >= 11 is 7.44. The zero-order valence-corrected chi connectivity index (χ0v) is 15.2. The van der Waals surface area contributed by atoms with Crippen molar-refractivity contribution in [3.63, 3.8) is 0 Å². The molecular weight excluding hydrogens is 330 g/mol. The highest BCUT2D eigenvalue weighted by atomic mass is 35.5. The molecular formula is C18H22ClNO2S. The summed E-state index contributed by atoms with van der Waals surface area (Å²) in [7, 11) is 1.65. The molecule has 3 nitrogen and oxygen atoms in total. The van der Waals surface area contributed by atoms with Crippen molar-refractivity contribution in [2.75, 3.05) is 7.11 Å². The van der Waals surface area contributed by atoms with Gasteiger partial charge in [-0.2, -0.15) is 0 Å². The van der Waals surface area contributed by atoms with Gasteiger partial charge in [-0.1, -0.05) is 37.6 Å². The quantitative estimate of drug-likeness (QED) is 0.773. The summed E-state index contributed by atoms with van der Waals surface area (Å²) < 4.78 is 5.95. The molecule has 1 N–H and O–H groups in total. The summed E-state index contributed by atoms with van der Waals surface area (Å²) in [5, 5.41) is 3.14. The van der Waals surface area contributed by atoms with Crippen LogP contribution in [0.25, 0.3) is 0 Å². The minimum atomic E-state index is 0.000305. The third kappa shape index (κ3) is 5.26. The summed E-state index contributed by atoms with van der Waals surface area (Å²) in [6.07, 6.45) is 1.19. The predicted octanol–water partition coefficient (Wildman–Crippen LogP) is 4.86. The number of thiophene rings is 1. The van der Waals surface area contributed by atoms with Gasteiger partial charge >= 0.3 is 0 Å². The topological polar surface area (TPSA) is 38.3 Å². The maximum atomic E-state index is 12.3. The molecule has 0 aliphatic heterocycles. The van der Waals surface area contributed by atoms with Crippen LogP contribution in [-0.2, 0) is 11.2 Å². The van der Waals surface area contributed by atoms with Crippen LogP contribution in [0.15, 0.2) is 36.4 Å². The van der Waals surface area contributed by atoms with Gasteiger partial charge < -0.3 is 10.1 Å². The van der Waals surface area contributed by atoms with Gasteiger partial charge in [0.1, 0.15) is 5.75 Å². The summed E-state index contributed by atoms with van der Waals surface area (Å²) in [4.78, 5) is 13.4. The number of hydrogen-bond acceptors (Lipinski definition) is 3. The number of carbonyl (C=O) groups excluding carboxylic acids is 1. The Bertz CT molecular complexity index is 637. The van der Waals surface area contributed by atoms with Crippen molar-refractivity contribution < 1.29 is 9.53 Å². The van der Waals surface area contributed by atoms with Gasteiger partial charge in [0.15, 0.2) is 0 Å². The van der Waals surface area contributed by atoms with Gasteiger partial charge in [-0.25, -0.2) is 0 Å². The second-order valence-corrected chi connectivity index (χ2v) is 7.57. The van der Waals surface area contributed by atoms with Crippen LogP contribution in [-0.4, -0.2) is 13.0 Å². The van der Waals surface area contributed by atoms with Crippen molar-refractivity contribution in [1.29, 1.82) is 0 Å². The molecule has 2 aromatic rings. The van der Waals surface area contributed by atoms with E-state index in [4.69, 9.17) is 16.3 Å². The van der Waals surface area contributed by atoms with Crippen LogP contribution in [0.2, 0.25) is 4.34 Å². The first kappa shape index (κ1) is 17.8. The maximum absolute atomic E-state index is 12.3. The van der Waals surface area contributed by atoms with Crippen LogP contribution in [0.5, 0.6) is 5.75 Å². The van der Waals surface area contributed by atoms with Crippen molar-refractivity contribution in [3.05, 3.63) is 51.2 Å². The Morgan fingerprint density at radius 1 is 1.22 bits per heavy atom. The van der Waals surface area contributed by atoms with Gasteiger partial charge in [-0.3, -0.25) is 4.79 Å². The van der Waals surface area contributed by atoms with Crippen molar-refractivity contribution in [3.8, 4) is 5.75 Å². The second-order valence-electron chi connectivity index (χ2n) is 5.77. The molecule has 0 saturated carbocycles. The van der Waals surface area contributed by atoms with Crippen LogP contribution in [0.3, 0.4) is 0 Å². The smallest absolute Gasteiger partial charge is 0.220 e. The molecule has 1 atom stereocenters. The number of carbonyl (C=O) groups is 1. The number of benzene rings is 1. The lowest BCUT2D eigenvalue weighted by Gasteiger charge is -2.23. The molecule has 1 heterocycles. The van der Waals surface area contributed by atoms with Crippen LogP contribution >= 0.6 is 22.9 Å². The second kappa shape index (κ2) is 8.37. The van der Waals surface area contributed by atoms with Crippen molar-refractivity contribution in [1.82, 2.24) is 5.32 Å². The highest BCUT2D eigenvalue weighted by molar-refractivity contribution is 7.16. The number of hydrogen-bond donors (Lipinski definition) is 1. The fraction of sp³-hybridized carbons (Fsp3) is 0.389. The van der Waals surface area contributed by atoms with E-state index in [2.05, 4.69) is 19.2 Å². The molecule has 1 aromatic carbocycles. The van der Waals surface area contributed by atoms with E-state index < -0.39 is 0 Å². The fourth-order valence-corrected chi connectivity index (χ4v) is 3.50. The number of amides is 1. The number of aryl methyl sites for hydroxylation is 1. The molecule has 2 rings (SSSR count). The molecule has 1 amide bonds. The van der Waals surface area contributed by atoms with Gasteiger partial charge in [-0.15, -0.1) is 11.3 Å².